The molecule has 0 amide bonds. The summed E-state index contributed by atoms with van der Waals surface area (Å²) in [7, 11) is 3.67. The van der Waals surface area contributed by atoms with E-state index in [9.17, 15) is 0 Å². The minimum Gasteiger partial charge on any atom is -0.493 e. The van der Waals surface area contributed by atoms with Crippen LogP contribution < -0.4 is 10.1 Å². The Morgan fingerprint density at radius 1 is 1.47 bits per heavy atom. The number of nitrogens with zero attached hydrogens (tertiary/aromatic N) is 2. The number of aryl methyl sites for hydroxylation is 1. The van der Waals surface area contributed by atoms with Crippen molar-refractivity contribution in [1.29, 1.82) is 0 Å². The minimum atomic E-state index is 0.129. The smallest absolute Gasteiger partial charge is 0.161 e. The Labute approximate surface area is 115 Å². The van der Waals surface area contributed by atoms with Gasteiger partial charge >= 0.3 is 0 Å². The molecule has 1 aliphatic rings. The van der Waals surface area contributed by atoms with Crippen LogP contribution in [-0.2, 0) is 11.3 Å². The lowest BCUT2D eigenvalue weighted by Crippen LogP contribution is -2.35. The topological polar surface area (TPSA) is 48.3 Å². The highest BCUT2D eigenvalue weighted by molar-refractivity contribution is 5.29. The second-order valence-electron chi connectivity index (χ2n) is 4.94. The predicted molar refractivity (Wildman–Crippen MR) is 74.4 cm³/mol. The van der Waals surface area contributed by atoms with Crippen molar-refractivity contribution in [1.82, 2.24) is 15.1 Å². The molecule has 1 fully saturated rings. The number of hydrogen-bond donors (Lipinski definition) is 1. The van der Waals surface area contributed by atoms with Gasteiger partial charge in [0.05, 0.1) is 31.1 Å². The highest BCUT2D eigenvalue weighted by atomic mass is 16.5. The monoisotopic (exact) mass is 267 g/mol. The van der Waals surface area contributed by atoms with Gasteiger partial charge < -0.3 is 14.8 Å². The number of likely N-dealkylation sites (N-methyl/N-ethyl adjacent to an activating group) is 1. The van der Waals surface area contributed by atoms with Gasteiger partial charge in [0, 0.05) is 13.2 Å². The number of methoxy groups -OCH3 is 1. The van der Waals surface area contributed by atoms with Crippen LogP contribution in [0.15, 0.2) is 6.20 Å². The average Bonchev–Trinajstić information content (AvgIpc) is 3.19. The minimum absolute atomic E-state index is 0.129. The van der Waals surface area contributed by atoms with Crippen molar-refractivity contribution in [2.24, 2.45) is 5.92 Å². The Morgan fingerprint density at radius 3 is 2.68 bits per heavy atom. The Morgan fingerprint density at radius 2 is 2.21 bits per heavy atom. The first-order valence-corrected chi connectivity index (χ1v) is 7.15. The molecule has 0 aliphatic heterocycles. The van der Waals surface area contributed by atoms with E-state index < -0.39 is 0 Å². The van der Waals surface area contributed by atoms with E-state index in [1.807, 2.05) is 11.7 Å². The van der Waals surface area contributed by atoms with Gasteiger partial charge in [0.15, 0.2) is 5.75 Å². The molecule has 1 aromatic heterocycles. The molecule has 19 heavy (non-hydrogen) atoms. The van der Waals surface area contributed by atoms with Crippen LogP contribution >= 0.6 is 0 Å². The Bertz CT molecular complexity index is 380. The van der Waals surface area contributed by atoms with Crippen molar-refractivity contribution in [2.75, 3.05) is 20.8 Å². The summed E-state index contributed by atoms with van der Waals surface area (Å²) >= 11 is 0. The highest BCUT2D eigenvalue weighted by Gasteiger charge is 2.39. The zero-order valence-corrected chi connectivity index (χ0v) is 12.3. The first-order chi connectivity index (χ1) is 9.26. The molecule has 5 heteroatoms. The van der Waals surface area contributed by atoms with Gasteiger partial charge in [-0.1, -0.05) is 0 Å². The Hall–Kier alpha value is -1.07. The lowest BCUT2D eigenvalue weighted by molar-refractivity contribution is 0.0177. The van der Waals surface area contributed by atoms with E-state index in [1.165, 1.54) is 12.8 Å². The molecule has 2 atom stereocenters. The van der Waals surface area contributed by atoms with E-state index >= 15 is 0 Å². The van der Waals surface area contributed by atoms with Crippen molar-refractivity contribution in [3.63, 3.8) is 0 Å². The third-order valence-electron chi connectivity index (χ3n) is 3.74. The van der Waals surface area contributed by atoms with Gasteiger partial charge in [-0.05, 0) is 39.7 Å². The largest absolute Gasteiger partial charge is 0.493 e. The Balaban J connectivity index is 2.31. The molecule has 2 unspecified atom stereocenters. The quantitative estimate of drug-likeness (QED) is 0.782. The van der Waals surface area contributed by atoms with Gasteiger partial charge in [0.2, 0.25) is 0 Å². The van der Waals surface area contributed by atoms with Gasteiger partial charge in [0.25, 0.3) is 0 Å². The SMILES string of the molecule is CCOC(C1CC1)C(NC)c1c(OC)cnn1CC. The summed E-state index contributed by atoms with van der Waals surface area (Å²) in [4.78, 5) is 0. The molecular weight excluding hydrogens is 242 g/mol. The molecule has 2 rings (SSSR count). The summed E-state index contributed by atoms with van der Waals surface area (Å²) < 4.78 is 13.4. The van der Waals surface area contributed by atoms with Crippen LogP contribution in [0.3, 0.4) is 0 Å². The van der Waals surface area contributed by atoms with E-state index in [2.05, 4.69) is 24.3 Å². The molecule has 0 spiro atoms. The summed E-state index contributed by atoms with van der Waals surface area (Å²) in [5.41, 5.74) is 1.10. The lowest BCUT2D eigenvalue weighted by Gasteiger charge is -2.28. The summed E-state index contributed by atoms with van der Waals surface area (Å²) in [6.45, 7) is 5.72. The zero-order chi connectivity index (χ0) is 13.8. The van der Waals surface area contributed by atoms with Crippen LogP contribution in [0, 0.1) is 5.92 Å². The third-order valence-corrected chi connectivity index (χ3v) is 3.74. The van der Waals surface area contributed by atoms with Gasteiger partial charge in [-0.2, -0.15) is 5.10 Å². The fourth-order valence-electron chi connectivity index (χ4n) is 2.68. The number of nitrogens with one attached hydrogen (secondary N) is 1. The van der Waals surface area contributed by atoms with Gasteiger partial charge in [-0.15, -0.1) is 0 Å². The van der Waals surface area contributed by atoms with Gasteiger partial charge in [-0.25, -0.2) is 0 Å². The molecule has 1 N–H and O–H groups in total. The van der Waals surface area contributed by atoms with Crippen molar-refractivity contribution in [3.05, 3.63) is 11.9 Å². The number of rotatable bonds is 8. The van der Waals surface area contributed by atoms with E-state index in [0.717, 1.165) is 24.6 Å². The van der Waals surface area contributed by atoms with Crippen molar-refractivity contribution in [2.45, 2.75) is 45.4 Å². The summed E-state index contributed by atoms with van der Waals surface area (Å²) in [5, 5.41) is 7.79. The molecular formula is C14H25N3O2. The summed E-state index contributed by atoms with van der Waals surface area (Å²) in [6.07, 6.45) is 4.50. The maximum Gasteiger partial charge on any atom is 0.161 e. The van der Waals surface area contributed by atoms with Crippen molar-refractivity contribution in [3.8, 4) is 5.75 Å². The molecule has 1 heterocycles. The molecule has 0 aromatic carbocycles. The Kier molecular flexibility index (Phi) is 4.82. The van der Waals surface area contributed by atoms with Gasteiger partial charge in [0.1, 0.15) is 0 Å². The van der Waals surface area contributed by atoms with E-state index in [4.69, 9.17) is 9.47 Å². The maximum atomic E-state index is 5.98. The molecule has 5 nitrogen and oxygen atoms in total. The van der Waals surface area contributed by atoms with Crippen molar-refractivity contribution < 1.29 is 9.47 Å². The standard InChI is InChI=1S/C14H25N3O2/c1-5-17-13(11(18-4)9-16-17)12(15-3)14(19-6-2)10-7-8-10/h9-10,12,14-15H,5-8H2,1-4H3. The molecule has 0 bridgehead atoms. The highest BCUT2D eigenvalue weighted by Crippen LogP contribution is 2.41. The van der Waals surface area contributed by atoms with E-state index in [0.29, 0.717) is 5.92 Å². The van der Waals surface area contributed by atoms with Gasteiger partial charge in [-0.3, -0.25) is 4.68 Å². The summed E-state index contributed by atoms with van der Waals surface area (Å²) in [5.74, 6) is 1.49. The predicted octanol–water partition coefficient (Wildman–Crippen LogP) is 1.99. The maximum absolute atomic E-state index is 5.98. The summed E-state index contributed by atoms with van der Waals surface area (Å²) in [6, 6.07) is 0.129. The number of aromatic nitrogens is 2. The second-order valence-corrected chi connectivity index (χ2v) is 4.94. The normalized spacial score (nSPS) is 18.3. The van der Waals surface area contributed by atoms with E-state index in [1.54, 1.807) is 13.3 Å². The van der Waals surface area contributed by atoms with Crippen LogP contribution in [0.5, 0.6) is 5.75 Å². The van der Waals surface area contributed by atoms with Crippen LogP contribution in [0.25, 0.3) is 0 Å². The fraction of sp³-hybridized carbons (Fsp3) is 0.786. The third kappa shape index (κ3) is 2.92. The van der Waals surface area contributed by atoms with Crippen LogP contribution in [0.1, 0.15) is 38.4 Å². The van der Waals surface area contributed by atoms with Crippen LogP contribution in [0.4, 0.5) is 0 Å². The molecule has 1 saturated carbocycles. The lowest BCUT2D eigenvalue weighted by atomic mass is 10.0. The van der Waals surface area contributed by atoms with E-state index in [-0.39, 0.29) is 12.1 Å². The van der Waals surface area contributed by atoms with Crippen molar-refractivity contribution >= 4 is 0 Å². The zero-order valence-electron chi connectivity index (χ0n) is 12.3. The molecule has 1 aliphatic carbocycles. The number of ether oxygens (including phenoxy) is 2. The molecule has 0 saturated heterocycles. The molecule has 0 radical (unpaired) electrons. The number of hydrogen-bond acceptors (Lipinski definition) is 4. The first kappa shape index (κ1) is 14.3. The van der Waals surface area contributed by atoms with Crippen LogP contribution in [0.2, 0.25) is 0 Å². The average molecular weight is 267 g/mol. The molecule has 108 valence electrons. The first-order valence-electron chi connectivity index (χ1n) is 7.15. The van der Waals surface area contributed by atoms with Crippen LogP contribution in [-0.4, -0.2) is 36.6 Å². The second kappa shape index (κ2) is 6.39. The molecule has 1 aromatic rings. The fourth-order valence-corrected chi connectivity index (χ4v) is 2.68.